The van der Waals surface area contributed by atoms with Gasteiger partial charge < -0.3 is 4.74 Å². The van der Waals surface area contributed by atoms with Gasteiger partial charge in [0.1, 0.15) is 11.4 Å². The average molecular weight is 261 g/mol. The molecular weight excluding hydrogens is 247 g/mol. The predicted molar refractivity (Wildman–Crippen MR) is 59.6 cm³/mol. The largest absolute Gasteiger partial charge is 0.488 e. The van der Waals surface area contributed by atoms with Crippen molar-refractivity contribution in [2.75, 3.05) is 0 Å². The third-order valence-corrected chi connectivity index (χ3v) is 2.08. The van der Waals surface area contributed by atoms with Crippen molar-refractivity contribution in [3.8, 4) is 5.75 Å². The van der Waals surface area contributed by atoms with Crippen LogP contribution in [0.2, 0.25) is 0 Å². The maximum Gasteiger partial charge on any atom is 0.180 e. The lowest BCUT2D eigenvalue weighted by Gasteiger charge is -2.21. The Kier molecular flexibility index (Phi) is 3.53. The molecule has 0 saturated heterocycles. The van der Waals surface area contributed by atoms with Crippen LogP contribution in [-0.4, -0.2) is 5.60 Å². The van der Waals surface area contributed by atoms with Gasteiger partial charge in [0.25, 0.3) is 0 Å². The van der Waals surface area contributed by atoms with Gasteiger partial charge in [-0.1, -0.05) is 12.1 Å². The predicted octanol–water partition coefficient (Wildman–Crippen LogP) is 4.23. The molecule has 0 aromatic heterocycles. The average Bonchev–Trinajstić information content (AvgIpc) is 2.02. The van der Waals surface area contributed by atoms with Crippen LogP contribution in [0.5, 0.6) is 5.75 Å². The number of hydrogen-bond acceptors (Lipinski definition) is 1. The van der Waals surface area contributed by atoms with Crippen LogP contribution in [0.3, 0.4) is 0 Å². The molecule has 0 amide bonds. The van der Waals surface area contributed by atoms with Crippen LogP contribution in [0.15, 0.2) is 24.3 Å². The molecule has 0 fully saturated rings. The summed E-state index contributed by atoms with van der Waals surface area (Å²) in [5, 5.41) is -1.11. The Morgan fingerprint density at radius 3 is 2.07 bits per heavy atom. The summed E-state index contributed by atoms with van der Waals surface area (Å²) in [7, 11) is 0. The van der Waals surface area contributed by atoms with E-state index in [1.807, 2.05) is 20.8 Å². The lowest BCUT2D eigenvalue weighted by atomic mass is 10.2. The lowest BCUT2D eigenvalue weighted by Crippen LogP contribution is -2.22. The molecule has 0 spiro atoms. The highest BCUT2D eigenvalue weighted by Crippen LogP contribution is 2.26. The molecule has 0 aliphatic heterocycles. The minimum Gasteiger partial charge on any atom is -0.488 e. The number of ether oxygens (including phenoxy) is 1. The first-order chi connectivity index (χ1) is 6.38. The summed E-state index contributed by atoms with van der Waals surface area (Å²) in [6.07, 6.45) is 0. The Balaban J connectivity index is 2.74. The van der Waals surface area contributed by atoms with Crippen molar-refractivity contribution < 1.29 is 9.13 Å². The monoisotopic (exact) mass is 260 g/mol. The Bertz CT molecular complexity index is 287. The topological polar surface area (TPSA) is 9.23 Å². The van der Waals surface area contributed by atoms with Crippen molar-refractivity contribution in [1.29, 1.82) is 0 Å². The van der Waals surface area contributed by atoms with E-state index in [2.05, 4.69) is 15.9 Å². The first-order valence-corrected chi connectivity index (χ1v) is 5.37. The molecule has 0 aliphatic carbocycles. The number of hydrogen-bond donors (Lipinski definition) is 0. The Morgan fingerprint density at radius 1 is 1.21 bits per heavy atom. The fourth-order valence-corrected chi connectivity index (χ4v) is 1.34. The Hall–Kier alpha value is -0.570. The van der Waals surface area contributed by atoms with Crippen LogP contribution in [0.1, 0.15) is 31.4 Å². The summed E-state index contributed by atoms with van der Waals surface area (Å²) in [5.74, 6) is 0.759. The van der Waals surface area contributed by atoms with Gasteiger partial charge in [-0.2, -0.15) is 0 Å². The smallest absolute Gasteiger partial charge is 0.180 e. The van der Waals surface area contributed by atoms with E-state index < -0.39 is 5.08 Å². The first kappa shape index (κ1) is 11.5. The summed E-state index contributed by atoms with van der Waals surface area (Å²) in [5.41, 5.74) is 0.386. The van der Waals surface area contributed by atoms with Crippen LogP contribution >= 0.6 is 15.9 Å². The van der Waals surface area contributed by atoms with E-state index in [9.17, 15) is 4.39 Å². The van der Waals surface area contributed by atoms with Gasteiger partial charge in [-0.15, -0.1) is 0 Å². The summed E-state index contributed by atoms with van der Waals surface area (Å²) in [4.78, 5) is 0. The van der Waals surface area contributed by atoms with Crippen LogP contribution < -0.4 is 4.74 Å². The fourth-order valence-electron chi connectivity index (χ4n) is 1.03. The molecule has 14 heavy (non-hydrogen) atoms. The molecule has 0 N–H and O–H groups in total. The Morgan fingerprint density at radius 2 is 1.71 bits per heavy atom. The minimum atomic E-state index is -1.11. The van der Waals surface area contributed by atoms with E-state index in [-0.39, 0.29) is 5.60 Å². The van der Waals surface area contributed by atoms with E-state index in [4.69, 9.17) is 4.74 Å². The van der Waals surface area contributed by atoms with Crippen molar-refractivity contribution in [3.05, 3.63) is 29.8 Å². The summed E-state index contributed by atoms with van der Waals surface area (Å²) in [6.45, 7) is 5.93. The second-order valence-corrected chi connectivity index (χ2v) is 4.89. The van der Waals surface area contributed by atoms with Crippen LogP contribution in [-0.2, 0) is 0 Å². The van der Waals surface area contributed by atoms with Gasteiger partial charge in [0.2, 0.25) is 0 Å². The van der Waals surface area contributed by atoms with Gasteiger partial charge in [-0.25, -0.2) is 4.39 Å². The SMILES string of the molecule is CC(C)(C)Oc1ccc(C(F)Br)cc1. The molecule has 0 bridgehead atoms. The molecule has 1 atom stereocenters. The molecule has 0 aliphatic rings. The van der Waals surface area contributed by atoms with Gasteiger partial charge in [0, 0.05) is 0 Å². The molecule has 0 radical (unpaired) electrons. The molecule has 1 unspecified atom stereocenters. The van der Waals surface area contributed by atoms with Gasteiger partial charge in [-0.05, 0) is 54.4 Å². The van der Waals surface area contributed by atoms with Gasteiger partial charge in [0.05, 0.1) is 0 Å². The normalized spacial score (nSPS) is 13.8. The molecule has 1 aromatic rings. The molecule has 1 aromatic carbocycles. The van der Waals surface area contributed by atoms with Crippen molar-refractivity contribution in [2.45, 2.75) is 31.5 Å². The number of halogens is 2. The van der Waals surface area contributed by atoms with E-state index in [0.29, 0.717) is 5.56 Å². The zero-order valence-corrected chi connectivity index (χ0v) is 10.1. The van der Waals surface area contributed by atoms with E-state index in [1.165, 1.54) is 0 Å². The molecule has 1 rings (SSSR count). The summed E-state index contributed by atoms with van der Waals surface area (Å²) >= 11 is 2.86. The minimum absolute atomic E-state index is 0.217. The quantitative estimate of drug-likeness (QED) is 0.724. The summed E-state index contributed by atoms with van der Waals surface area (Å²) in [6, 6.07) is 6.96. The highest BCUT2D eigenvalue weighted by atomic mass is 79.9. The maximum absolute atomic E-state index is 12.8. The zero-order valence-electron chi connectivity index (χ0n) is 8.55. The standard InChI is InChI=1S/C11H14BrFO/c1-11(2,3)14-9-6-4-8(5-7-9)10(12)13/h4-7,10H,1-3H3. The molecule has 78 valence electrons. The molecular formula is C11H14BrFO. The molecule has 0 heterocycles. The first-order valence-electron chi connectivity index (χ1n) is 4.45. The highest BCUT2D eigenvalue weighted by molar-refractivity contribution is 9.09. The highest BCUT2D eigenvalue weighted by Gasteiger charge is 2.12. The molecule has 1 nitrogen and oxygen atoms in total. The van der Waals surface area contributed by atoms with Crippen molar-refractivity contribution >= 4 is 15.9 Å². The second-order valence-electron chi connectivity index (χ2n) is 4.08. The molecule has 0 saturated carbocycles. The van der Waals surface area contributed by atoms with Gasteiger partial charge >= 0.3 is 0 Å². The third-order valence-electron chi connectivity index (χ3n) is 1.56. The number of benzene rings is 1. The van der Waals surface area contributed by atoms with Gasteiger partial charge in [0.15, 0.2) is 5.08 Å². The van der Waals surface area contributed by atoms with Crippen molar-refractivity contribution in [1.82, 2.24) is 0 Å². The van der Waals surface area contributed by atoms with E-state index in [1.54, 1.807) is 24.3 Å². The lowest BCUT2D eigenvalue weighted by molar-refractivity contribution is 0.131. The fraction of sp³-hybridized carbons (Fsp3) is 0.455. The van der Waals surface area contributed by atoms with Crippen LogP contribution in [0.4, 0.5) is 4.39 Å². The van der Waals surface area contributed by atoms with E-state index >= 15 is 0 Å². The van der Waals surface area contributed by atoms with Crippen LogP contribution in [0.25, 0.3) is 0 Å². The molecule has 3 heteroatoms. The second kappa shape index (κ2) is 4.30. The van der Waals surface area contributed by atoms with Crippen molar-refractivity contribution in [3.63, 3.8) is 0 Å². The number of rotatable bonds is 2. The Labute approximate surface area is 92.4 Å². The van der Waals surface area contributed by atoms with Crippen molar-refractivity contribution in [2.24, 2.45) is 0 Å². The van der Waals surface area contributed by atoms with Gasteiger partial charge in [-0.3, -0.25) is 0 Å². The number of alkyl halides is 2. The maximum atomic E-state index is 12.8. The third kappa shape index (κ3) is 3.66. The summed E-state index contributed by atoms with van der Waals surface area (Å²) < 4.78 is 18.4. The zero-order chi connectivity index (χ0) is 10.8. The van der Waals surface area contributed by atoms with E-state index in [0.717, 1.165) is 5.75 Å². The van der Waals surface area contributed by atoms with Crippen LogP contribution in [0, 0.1) is 0 Å².